The predicted molar refractivity (Wildman–Crippen MR) is 93.8 cm³/mol. The Morgan fingerprint density at radius 1 is 1.09 bits per heavy atom. The molecule has 0 aromatic heterocycles. The first-order valence-corrected chi connectivity index (χ1v) is 8.50. The topological polar surface area (TPSA) is 20.3 Å². The first-order valence-electron chi connectivity index (χ1n) is 7.51. The summed E-state index contributed by atoms with van der Waals surface area (Å²) in [6, 6.07) is 14.7. The molecule has 0 radical (unpaired) electrons. The lowest BCUT2D eigenvalue weighted by molar-refractivity contribution is -0.121. The Bertz CT molecular complexity index is 723. The number of hydrogen-bond acceptors (Lipinski definition) is 2. The van der Waals surface area contributed by atoms with Crippen molar-refractivity contribution in [3.8, 4) is 0 Å². The Kier molecular flexibility index (Phi) is 3.77. The van der Waals surface area contributed by atoms with Crippen LogP contribution < -0.4 is 4.90 Å². The molecular formula is C19H21NOS. The molecule has 1 unspecified atom stereocenters. The van der Waals surface area contributed by atoms with Gasteiger partial charge in [-0.1, -0.05) is 35.9 Å². The highest BCUT2D eigenvalue weighted by Crippen LogP contribution is 2.45. The van der Waals surface area contributed by atoms with Crippen LogP contribution in [-0.4, -0.2) is 18.7 Å². The monoisotopic (exact) mass is 311 g/mol. The van der Waals surface area contributed by atoms with E-state index in [1.54, 1.807) is 11.8 Å². The minimum atomic E-state index is -0.453. The molecule has 1 aliphatic heterocycles. The number of fused-ring (bicyclic) bond motifs is 1. The summed E-state index contributed by atoms with van der Waals surface area (Å²) in [4.78, 5) is 15.9. The largest absolute Gasteiger partial charge is 0.314 e. The van der Waals surface area contributed by atoms with E-state index >= 15 is 0 Å². The average molecular weight is 311 g/mol. The van der Waals surface area contributed by atoms with Gasteiger partial charge in [0.15, 0.2) is 0 Å². The number of anilines is 1. The number of aryl methyl sites for hydroxylation is 2. The second-order valence-electron chi connectivity index (χ2n) is 6.27. The fourth-order valence-corrected chi connectivity index (χ4v) is 4.20. The molecule has 2 nitrogen and oxygen atoms in total. The number of thioether (sulfide) groups is 1. The van der Waals surface area contributed by atoms with Gasteiger partial charge in [0.05, 0.1) is 11.1 Å². The van der Waals surface area contributed by atoms with Crippen molar-refractivity contribution < 1.29 is 4.79 Å². The molecule has 0 bridgehead atoms. The summed E-state index contributed by atoms with van der Waals surface area (Å²) in [7, 11) is 1.88. The van der Waals surface area contributed by atoms with Crippen LogP contribution in [0.15, 0.2) is 47.4 Å². The molecule has 1 heterocycles. The minimum absolute atomic E-state index is 0.191. The maximum atomic E-state index is 12.8. The van der Waals surface area contributed by atoms with Gasteiger partial charge >= 0.3 is 0 Å². The van der Waals surface area contributed by atoms with Crippen LogP contribution >= 0.6 is 11.8 Å². The maximum absolute atomic E-state index is 12.8. The SMILES string of the molecule is Cc1ccc(SCC2(C)C(=O)N(C)c3c(C)cccc32)cc1. The van der Waals surface area contributed by atoms with Crippen molar-refractivity contribution in [1.29, 1.82) is 0 Å². The number of likely N-dealkylation sites (N-methyl/N-ethyl adjacent to an activating group) is 1. The van der Waals surface area contributed by atoms with E-state index < -0.39 is 5.41 Å². The van der Waals surface area contributed by atoms with Gasteiger partial charge in [0.25, 0.3) is 0 Å². The molecule has 3 heteroatoms. The van der Waals surface area contributed by atoms with E-state index in [0.29, 0.717) is 0 Å². The van der Waals surface area contributed by atoms with Gasteiger partial charge in [0.2, 0.25) is 5.91 Å². The lowest BCUT2D eigenvalue weighted by atomic mass is 9.85. The van der Waals surface area contributed by atoms with Crippen molar-refractivity contribution in [3.63, 3.8) is 0 Å². The Morgan fingerprint density at radius 2 is 1.77 bits per heavy atom. The van der Waals surface area contributed by atoms with Crippen LogP contribution in [0, 0.1) is 13.8 Å². The molecule has 3 rings (SSSR count). The molecule has 1 atom stereocenters. The summed E-state index contributed by atoms with van der Waals surface area (Å²) >= 11 is 1.75. The summed E-state index contributed by atoms with van der Waals surface area (Å²) in [5.74, 6) is 0.951. The average Bonchev–Trinajstić information content (AvgIpc) is 2.70. The molecule has 2 aromatic carbocycles. The zero-order valence-corrected chi connectivity index (χ0v) is 14.3. The van der Waals surface area contributed by atoms with Crippen LogP contribution in [0.4, 0.5) is 5.69 Å². The highest BCUT2D eigenvalue weighted by molar-refractivity contribution is 7.99. The Balaban J connectivity index is 1.91. The van der Waals surface area contributed by atoms with Gasteiger partial charge < -0.3 is 4.90 Å². The van der Waals surface area contributed by atoms with Gasteiger partial charge in [-0.3, -0.25) is 4.79 Å². The van der Waals surface area contributed by atoms with Gasteiger partial charge in [-0.05, 0) is 44.0 Å². The summed E-state index contributed by atoms with van der Waals surface area (Å²) in [6.07, 6.45) is 0. The number of rotatable bonds is 3. The quantitative estimate of drug-likeness (QED) is 0.786. The number of nitrogens with zero attached hydrogens (tertiary/aromatic N) is 1. The molecule has 0 N–H and O–H groups in total. The van der Waals surface area contributed by atoms with E-state index in [1.807, 2.05) is 11.9 Å². The van der Waals surface area contributed by atoms with Crippen molar-refractivity contribution in [2.75, 3.05) is 17.7 Å². The standard InChI is InChI=1S/C19H21NOS/c1-13-8-10-15(11-9-13)22-12-19(3)16-7-5-6-14(2)17(16)20(4)18(19)21/h5-11H,12H2,1-4H3. The van der Waals surface area contributed by atoms with E-state index in [4.69, 9.17) is 0 Å². The summed E-state index contributed by atoms with van der Waals surface area (Å²) in [5, 5.41) is 0. The van der Waals surface area contributed by atoms with E-state index in [9.17, 15) is 4.79 Å². The predicted octanol–water partition coefficient (Wildman–Crippen LogP) is 4.33. The van der Waals surface area contributed by atoms with Crippen molar-refractivity contribution in [1.82, 2.24) is 0 Å². The van der Waals surface area contributed by atoms with E-state index in [2.05, 4.69) is 63.2 Å². The van der Waals surface area contributed by atoms with E-state index in [1.165, 1.54) is 10.5 Å². The number of benzene rings is 2. The molecule has 0 saturated carbocycles. The lowest BCUT2D eigenvalue weighted by Crippen LogP contribution is -2.38. The molecule has 1 aliphatic rings. The molecular weight excluding hydrogens is 290 g/mol. The normalized spacial score (nSPS) is 20.4. The smallest absolute Gasteiger partial charge is 0.238 e. The summed E-state index contributed by atoms with van der Waals surface area (Å²) < 4.78 is 0. The number of carbonyl (C=O) groups excluding carboxylic acids is 1. The Hall–Kier alpha value is -1.74. The van der Waals surface area contributed by atoms with Crippen molar-refractivity contribution in [3.05, 3.63) is 59.2 Å². The third-order valence-corrected chi connectivity index (χ3v) is 5.82. The van der Waals surface area contributed by atoms with Crippen LogP contribution in [0.2, 0.25) is 0 Å². The second-order valence-corrected chi connectivity index (χ2v) is 7.32. The zero-order valence-electron chi connectivity index (χ0n) is 13.5. The van der Waals surface area contributed by atoms with Crippen LogP contribution in [-0.2, 0) is 10.2 Å². The fraction of sp³-hybridized carbons (Fsp3) is 0.316. The molecule has 0 aliphatic carbocycles. The van der Waals surface area contributed by atoms with Crippen molar-refractivity contribution in [2.24, 2.45) is 0 Å². The summed E-state index contributed by atoms with van der Waals surface area (Å²) in [5.41, 5.74) is 4.20. The summed E-state index contributed by atoms with van der Waals surface area (Å²) in [6.45, 7) is 6.23. The number of amides is 1. The second kappa shape index (κ2) is 5.47. The number of carbonyl (C=O) groups is 1. The van der Waals surface area contributed by atoms with Crippen molar-refractivity contribution in [2.45, 2.75) is 31.1 Å². The molecule has 0 fully saturated rings. The third kappa shape index (κ3) is 2.34. The minimum Gasteiger partial charge on any atom is -0.314 e. The van der Waals surface area contributed by atoms with Crippen LogP contribution in [0.1, 0.15) is 23.6 Å². The molecule has 22 heavy (non-hydrogen) atoms. The van der Waals surface area contributed by atoms with Gasteiger partial charge in [-0.2, -0.15) is 0 Å². The molecule has 114 valence electrons. The maximum Gasteiger partial charge on any atom is 0.238 e. The molecule has 2 aromatic rings. The molecule has 0 spiro atoms. The van der Waals surface area contributed by atoms with Gasteiger partial charge in [0.1, 0.15) is 0 Å². The van der Waals surface area contributed by atoms with E-state index in [0.717, 1.165) is 22.6 Å². The van der Waals surface area contributed by atoms with Crippen LogP contribution in [0.25, 0.3) is 0 Å². The van der Waals surface area contributed by atoms with Gasteiger partial charge in [0, 0.05) is 17.7 Å². The first-order chi connectivity index (χ1) is 10.4. The fourth-order valence-electron chi connectivity index (χ4n) is 3.14. The van der Waals surface area contributed by atoms with Gasteiger partial charge in [-0.25, -0.2) is 0 Å². The number of para-hydroxylation sites is 1. The van der Waals surface area contributed by atoms with Crippen LogP contribution in [0.5, 0.6) is 0 Å². The van der Waals surface area contributed by atoms with E-state index in [-0.39, 0.29) is 5.91 Å². The Morgan fingerprint density at radius 3 is 2.45 bits per heavy atom. The van der Waals surface area contributed by atoms with Crippen LogP contribution in [0.3, 0.4) is 0 Å². The first kappa shape index (κ1) is 15.2. The highest BCUT2D eigenvalue weighted by Gasteiger charge is 2.46. The third-order valence-electron chi connectivity index (χ3n) is 4.49. The Labute approximate surface area is 136 Å². The zero-order chi connectivity index (χ0) is 15.9. The van der Waals surface area contributed by atoms with Gasteiger partial charge in [-0.15, -0.1) is 11.8 Å². The number of hydrogen-bond donors (Lipinski definition) is 0. The molecule has 1 amide bonds. The van der Waals surface area contributed by atoms with Crippen molar-refractivity contribution >= 4 is 23.4 Å². The lowest BCUT2D eigenvalue weighted by Gasteiger charge is -2.22. The highest BCUT2D eigenvalue weighted by atomic mass is 32.2. The molecule has 0 saturated heterocycles.